The molecule has 152 valence electrons. The fourth-order valence-electron chi connectivity index (χ4n) is 2.72. The quantitative estimate of drug-likeness (QED) is 0.669. The number of methoxy groups -OCH3 is 1. The molecule has 7 nitrogen and oxygen atoms in total. The summed E-state index contributed by atoms with van der Waals surface area (Å²) in [6.45, 7) is 6.29. The largest absolute Gasteiger partial charge is 0.495 e. The summed E-state index contributed by atoms with van der Waals surface area (Å²) in [5.41, 5.74) is 2.24. The molecule has 0 saturated heterocycles. The van der Waals surface area contributed by atoms with E-state index in [9.17, 15) is 13.2 Å². The average Bonchev–Trinajstić information content (AvgIpc) is 2.68. The highest BCUT2D eigenvalue weighted by Crippen LogP contribution is 2.28. The lowest BCUT2D eigenvalue weighted by Gasteiger charge is -2.20. The number of sulfonamides is 1. The fraction of sp³-hybridized carbons (Fsp3) is 0.350. The molecule has 28 heavy (non-hydrogen) atoms. The standard InChI is InChI=1S/C20H27N3O4S/c1-5-23(6-2)28(25,26)17-11-12-19(27-4)18(13-17)21-14-20(24)22-16-9-7-15(3)8-10-16/h7-13,21H,5-6,14H2,1-4H3,(H,22,24). The number of nitrogens with zero attached hydrogens (tertiary/aromatic N) is 1. The van der Waals surface area contributed by atoms with Crippen LogP contribution < -0.4 is 15.4 Å². The van der Waals surface area contributed by atoms with E-state index >= 15 is 0 Å². The first-order valence-electron chi connectivity index (χ1n) is 9.10. The number of carbonyl (C=O) groups is 1. The van der Waals surface area contributed by atoms with Crippen LogP contribution >= 0.6 is 0 Å². The Bertz CT molecular complexity index is 908. The zero-order valence-corrected chi connectivity index (χ0v) is 17.5. The van der Waals surface area contributed by atoms with Crippen LogP contribution in [0.25, 0.3) is 0 Å². The lowest BCUT2D eigenvalue weighted by Crippen LogP contribution is -2.30. The second kappa shape index (κ2) is 9.57. The van der Waals surface area contributed by atoms with Crippen LogP contribution in [0, 0.1) is 6.92 Å². The highest BCUT2D eigenvalue weighted by molar-refractivity contribution is 7.89. The van der Waals surface area contributed by atoms with Crippen molar-refractivity contribution in [3.63, 3.8) is 0 Å². The van der Waals surface area contributed by atoms with E-state index < -0.39 is 10.0 Å². The molecule has 0 bridgehead atoms. The van der Waals surface area contributed by atoms with Crippen molar-refractivity contribution in [2.24, 2.45) is 0 Å². The number of anilines is 2. The van der Waals surface area contributed by atoms with Gasteiger partial charge in [0.1, 0.15) is 5.75 Å². The van der Waals surface area contributed by atoms with Crippen molar-refractivity contribution in [1.29, 1.82) is 0 Å². The zero-order valence-electron chi connectivity index (χ0n) is 16.7. The predicted octanol–water partition coefficient (Wildman–Crippen LogP) is 3.08. The normalized spacial score (nSPS) is 11.3. The molecule has 0 fully saturated rings. The minimum Gasteiger partial charge on any atom is -0.495 e. The monoisotopic (exact) mass is 405 g/mol. The SMILES string of the molecule is CCN(CC)S(=O)(=O)c1ccc(OC)c(NCC(=O)Nc2ccc(C)cc2)c1. The van der Waals surface area contributed by atoms with Crippen LogP contribution in [-0.4, -0.2) is 45.4 Å². The molecule has 0 aliphatic heterocycles. The third-order valence-corrected chi connectivity index (χ3v) is 6.33. The summed E-state index contributed by atoms with van der Waals surface area (Å²) in [4.78, 5) is 12.4. The molecule has 1 amide bonds. The molecule has 2 aromatic rings. The average molecular weight is 406 g/mol. The number of hydrogen-bond donors (Lipinski definition) is 2. The second-order valence-electron chi connectivity index (χ2n) is 6.22. The van der Waals surface area contributed by atoms with Crippen molar-refractivity contribution >= 4 is 27.3 Å². The van der Waals surface area contributed by atoms with Gasteiger partial charge in [-0.1, -0.05) is 31.5 Å². The minimum absolute atomic E-state index is 0.0288. The van der Waals surface area contributed by atoms with E-state index in [-0.39, 0.29) is 17.3 Å². The molecule has 0 aliphatic rings. The number of carbonyl (C=O) groups excluding carboxylic acids is 1. The maximum Gasteiger partial charge on any atom is 0.243 e. The van der Waals surface area contributed by atoms with Crippen molar-refractivity contribution < 1.29 is 17.9 Å². The topological polar surface area (TPSA) is 87.7 Å². The highest BCUT2D eigenvalue weighted by atomic mass is 32.2. The van der Waals surface area contributed by atoms with Gasteiger partial charge in [-0.2, -0.15) is 4.31 Å². The maximum absolute atomic E-state index is 12.7. The maximum atomic E-state index is 12.7. The number of nitrogens with one attached hydrogen (secondary N) is 2. The summed E-state index contributed by atoms with van der Waals surface area (Å²) >= 11 is 0. The van der Waals surface area contributed by atoms with Gasteiger partial charge in [0.05, 0.1) is 24.2 Å². The molecule has 0 heterocycles. The fourth-order valence-corrected chi connectivity index (χ4v) is 4.20. The summed E-state index contributed by atoms with van der Waals surface area (Å²) in [5, 5.41) is 5.75. The van der Waals surface area contributed by atoms with Gasteiger partial charge in [-0.3, -0.25) is 4.79 Å². The molecular weight excluding hydrogens is 378 g/mol. The van der Waals surface area contributed by atoms with Crippen LogP contribution in [0.15, 0.2) is 47.4 Å². The highest BCUT2D eigenvalue weighted by Gasteiger charge is 2.23. The molecule has 2 rings (SSSR count). The summed E-state index contributed by atoms with van der Waals surface area (Å²) < 4.78 is 32.1. The van der Waals surface area contributed by atoms with Crippen molar-refractivity contribution in [2.75, 3.05) is 37.4 Å². The van der Waals surface area contributed by atoms with Crippen LogP contribution in [-0.2, 0) is 14.8 Å². The van der Waals surface area contributed by atoms with E-state index in [0.717, 1.165) is 5.56 Å². The summed E-state index contributed by atoms with van der Waals surface area (Å²) in [5.74, 6) is 0.213. The van der Waals surface area contributed by atoms with E-state index in [2.05, 4.69) is 10.6 Å². The van der Waals surface area contributed by atoms with Crippen LogP contribution in [0.4, 0.5) is 11.4 Å². The van der Waals surface area contributed by atoms with E-state index in [1.165, 1.54) is 23.5 Å². The van der Waals surface area contributed by atoms with Crippen LogP contribution in [0.3, 0.4) is 0 Å². The Hall–Kier alpha value is -2.58. The molecule has 2 N–H and O–H groups in total. The molecule has 0 saturated carbocycles. The Balaban J connectivity index is 2.15. The van der Waals surface area contributed by atoms with Gasteiger partial charge in [0.25, 0.3) is 0 Å². The Morgan fingerprint density at radius 2 is 1.71 bits per heavy atom. The van der Waals surface area contributed by atoms with Crippen molar-refractivity contribution in [3.8, 4) is 5.75 Å². The van der Waals surface area contributed by atoms with Gasteiger partial charge < -0.3 is 15.4 Å². The number of rotatable bonds is 9. The first-order valence-corrected chi connectivity index (χ1v) is 10.5. The summed E-state index contributed by atoms with van der Waals surface area (Å²) in [6, 6.07) is 12.0. The minimum atomic E-state index is -3.60. The van der Waals surface area contributed by atoms with Crippen LogP contribution in [0.2, 0.25) is 0 Å². The van der Waals surface area contributed by atoms with Crippen molar-refractivity contribution in [2.45, 2.75) is 25.7 Å². The molecule has 2 aromatic carbocycles. The van der Waals surface area contributed by atoms with Crippen molar-refractivity contribution in [3.05, 3.63) is 48.0 Å². The smallest absolute Gasteiger partial charge is 0.243 e. The molecular formula is C20H27N3O4S. The molecule has 8 heteroatoms. The number of amides is 1. The number of benzene rings is 2. The van der Waals surface area contributed by atoms with Crippen LogP contribution in [0.5, 0.6) is 5.75 Å². The summed E-state index contributed by atoms with van der Waals surface area (Å²) in [6.07, 6.45) is 0. The van der Waals surface area contributed by atoms with E-state index in [0.29, 0.717) is 30.2 Å². The lowest BCUT2D eigenvalue weighted by molar-refractivity contribution is -0.114. The van der Waals surface area contributed by atoms with E-state index in [1.807, 2.05) is 31.2 Å². The van der Waals surface area contributed by atoms with Gasteiger partial charge in [-0.25, -0.2) is 8.42 Å². The number of aryl methyl sites for hydroxylation is 1. The molecule has 0 aromatic heterocycles. The van der Waals surface area contributed by atoms with Gasteiger partial charge in [0.15, 0.2) is 0 Å². The van der Waals surface area contributed by atoms with Gasteiger partial charge in [0, 0.05) is 18.8 Å². The van der Waals surface area contributed by atoms with Crippen LogP contribution in [0.1, 0.15) is 19.4 Å². The van der Waals surface area contributed by atoms with Crippen molar-refractivity contribution in [1.82, 2.24) is 4.31 Å². The molecule has 0 unspecified atom stereocenters. The van der Waals surface area contributed by atoms with E-state index in [4.69, 9.17) is 4.74 Å². The van der Waals surface area contributed by atoms with Gasteiger partial charge >= 0.3 is 0 Å². The molecule has 0 spiro atoms. The number of hydrogen-bond acceptors (Lipinski definition) is 5. The predicted molar refractivity (Wildman–Crippen MR) is 111 cm³/mol. The molecule has 0 radical (unpaired) electrons. The Morgan fingerprint density at radius 1 is 1.07 bits per heavy atom. The third kappa shape index (κ3) is 5.24. The molecule has 0 aliphatic carbocycles. The number of ether oxygens (including phenoxy) is 1. The van der Waals surface area contributed by atoms with Gasteiger partial charge in [-0.05, 0) is 37.3 Å². The van der Waals surface area contributed by atoms with Gasteiger partial charge in [0.2, 0.25) is 15.9 Å². The Labute approximate surface area is 166 Å². The Kier molecular flexibility index (Phi) is 7.42. The lowest BCUT2D eigenvalue weighted by atomic mass is 10.2. The Morgan fingerprint density at radius 3 is 2.29 bits per heavy atom. The van der Waals surface area contributed by atoms with Gasteiger partial charge in [-0.15, -0.1) is 0 Å². The molecule has 0 atom stereocenters. The summed E-state index contributed by atoms with van der Waals surface area (Å²) in [7, 11) is -2.11. The zero-order chi connectivity index (χ0) is 20.7. The second-order valence-corrected chi connectivity index (χ2v) is 8.16. The third-order valence-electron chi connectivity index (χ3n) is 4.29. The first kappa shape index (κ1) is 21.7. The van der Waals surface area contributed by atoms with E-state index in [1.54, 1.807) is 19.9 Å². The first-order chi connectivity index (χ1) is 13.3.